The van der Waals surface area contributed by atoms with Crippen LogP contribution in [0.25, 0.3) is 0 Å². The molecule has 1 fully saturated rings. The highest BCUT2D eigenvalue weighted by atomic mass is 16.5. The topological polar surface area (TPSA) is 35.5 Å². The fourth-order valence-corrected chi connectivity index (χ4v) is 1.12. The van der Waals surface area contributed by atoms with Crippen molar-refractivity contribution in [2.45, 2.75) is 13.8 Å². The second-order valence-corrected chi connectivity index (χ2v) is 2.89. The Morgan fingerprint density at radius 2 is 2.58 bits per heavy atom. The molecule has 0 bridgehead atoms. The summed E-state index contributed by atoms with van der Waals surface area (Å²) in [7, 11) is 0. The molecule has 0 radical (unpaired) electrons. The molecular formula is C9H14O3. The first-order valence-electron chi connectivity index (χ1n) is 4.19. The van der Waals surface area contributed by atoms with Crippen LogP contribution in [0.5, 0.6) is 0 Å². The molecule has 0 saturated carbocycles. The van der Waals surface area contributed by atoms with Crippen molar-refractivity contribution in [3.05, 3.63) is 11.6 Å². The third-order valence-corrected chi connectivity index (χ3v) is 1.86. The third kappa shape index (κ3) is 2.34. The zero-order valence-corrected chi connectivity index (χ0v) is 7.50. The van der Waals surface area contributed by atoms with E-state index in [0.717, 1.165) is 5.57 Å². The van der Waals surface area contributed by atoms with Crippen LogP contribution in [0.15, 0.2) is 11.6 Å². The Labute approximate surface area is 72.4 Å². The second-order valence-electron chi connectivity index (χ2n) is 2.89. The summed E-state index contributed by atoms with van der Waals surface area (Å²) in [5.74, 6) is 0.0965. The summed E-state index contributed by atoms with van der Waals surface area (Å²) < 4.78 is 9.95. The zero-order chi connectivity index (χ0) is 8.97. The van der Waals surface area contributed by atoms with Crippen molar-refractivity contribution >= 4 is 5.97 Å². The third-order valence-electron chi connectivity index (χ3n) is 1.86. The SMILES string of the molecule is CCOC(=O)/C=C1/COCC1C. The van der Waals surface area contributed by atoms with Crippen molar-refractivity contribution in [1.82, 2.24) is 0 Å². The Balaban J connectivity index is 2.49. The zero-order valence-electron chi connectivity index (χ0n) is 7.50. The van der Waals surface area contributed by atoms with Crippen molar-refractivity contribution in [2.75, 3.05) is 19.8 Å². The molecule has 0 aromatic heterocycles. The molecule has 12 heavy (non-hydrogen) atoms. The van der Waals surface area contributed by atoms with E-state index in [1.165, 1.54) is 0 Å². The molecule has 68 valence electrons. The molecular weight excluding hydrogens is 156 g/mol. The average molecular weight is 170 g/mol. The van der Waals surface area contributed by atoms with Gasteiger partial charge in [-0.05, 0) is 12.5 Å². The van der Waals surface area contributed by atoms with Crippen LogP contribution < -0.4 is 0 Å². The number of carbonyl (C=O) groups excluding carboxylic acids is 1. The smallest absolute Gasteiger partial charge is 0.330 e. The molecule has 0 amide bonds. The lowest BCUT2D eigenvalue weighted by Crippen LogP contribution is -2.04. The molecule has 0 aromatic rings. The maximum absolute atomic E-state index is 11.0. The summed E-state index contributed by atoms with van der Waals surface area (Å²) in [5, 5.41) is 0. The molecule has 1 aliphatic heterocycles. The minimum absolute atomic E-state index is 0.259. The average Bonchev–Trinajstić information content (AvgIpc) is 2.37. The number of ether oxygens (including phenoxy) is 2. The lowest BCUT2D eigenvalue weighted by Gasteiger charge is -2.01. The predicted octanol–water partition coefficient (Wildman–Crippen LogP) is 1.14. The summed E-state index contributed by atoms with van der Waals surface area (Å²) in [6.45, 7) is 5.55. The molecule has 0 aromatic carbocycles. The van der Waals surface area contributed by atoms with E-state index < -0.39 is 0 Å². The second kappa shape index (κ2) is 4.26. The van der Waals surface area contributed by atoms with E-state index in [1.807, 2.05) is 6.92 Å². The summed E-state index contributed by atoms with van der Waals surface area (Å²) in [6.07, 6.45) is 1.54. The number of rotatable bonds is 2. The van der Waals surface area contributed by atoms with Crippen molar-refractivity contribution in [3.8, 4) is 0 Å². The molecule has 0 N–H and O–H groups in total. The Kier molecular flexibility index (Phi) is 3.29. The van der Waals surface area contributed by atoms with Crippen molar-refractivity contribution in [2.24, 2.45) is 5.92 Å². The van der Waals surface area contributed by atoms with E-state index in [0.29, 0.717) is 25.7 Å². The van der Waals surface area contributed by atoms with Gasteiger partial charge in [-0.3, -0.25) is 0 Å². The van der Waals surface area contributed by atoms with Gasteiger partial charge in [0.15, 0.2) is 0 Å². The van der Waals surface area contributed by atoms with Gasteiger partial charge in [-0.15, -0.1) is 0 Å². The maximum Gasteiger partial charge on any atom is 0.330 e. The quantitative estimate of drug-likeness (QED) is 0.460. The van der Waals surface area contributed by atoms with E-state index in [2.05, 4.69) is 0 Å². The monoisotopic (exact) mass is 170 g/mol. The molecule has 1 saturated heterocycles. The standard InChI is InChI=1S/C9H14O3/c1-3-12-9(10)4-8-6-11-5-7(8)2/h4,7H,3,5-6H2,1-2H3/b8-4-. The lowest BCUT2D eigenvalue weighted by molar-refractivity contribution is -0.137. The molecule has 0 spiro atoms. The van der Waals surface area contributed by atoms with Crippen LogP contribution in [0.2, 0.25) is 0 Å². The minimum atomic E-state index is -0.259. The van der Waals surface area contributed by atoms with Crippen LogP contribution >= 0.6 is 0 Å². The van der Waals surface area contributed by atoms with Gasteiger partial charge in [0.1, 0.15) is 0 Å². The van der Waals surface area contributed by atoms with Gasteiger partial charge < -0.3 is 9.47 Å². The van der Waals surface area contributed by atoms with Crippen molar-refractivity contribution in [3.63, 3.8) is 0 Å². The van der Waals surface area contributed by atoms with Crippen LogP contribution in [0, 0.1) is 5.92 Å². The van der Waals surface area contributed by atoms with Gasteiger partial charge in [-0.25, -0.2) is 4.79 Å². The van der Waals surface area contributed by atoms with E-state index >= 15 is 0 Å². The Morgan fingerprint density at radius 1 is 1.83 bits per heavy atom. The van der Waals surface area contributed by atoms with Gasteiger partial charge in [0.05, 0.1) is 19.8 Å². The molecule has 3 heteroatoms. The lowest BCUT2D eigenvalue weighted by atomic mass is 10.1. The summed E-state index contributed by atoms with van der Waals surface area (Å²) in [4.78, 5) is 11.0. The molecule has 1 heterocycles. The van der Waals surface area contributed by atoms with Crippen LogP contribution in [0.1, 0.15) is 13.8 Å². The fraction of sp³-hybridized carbons (Fsp3) is 0.667. The highest BCUT2D eigenvalue weighted by Crippen LogP contribution is 2.18. The maximum atomic E-state index is 11.0. The summed E-state index contributed by atoms with van der Waals surface area (Å²) >= 11 is 0. The summed E-state index contributed by atoms with van der Waals surface area (Å²) in [6, 6.07) is 0. The number of hydrogen-bond donors (Lipinski definition) is 0. The molecule has 3 nitrogen and oxygen atoms in total. The first kappa shape index (κ1) is 9.26. The first-order valence-corrected chi connectivity index (χ1v) is 4.19. The predicted molar refractivity (Wildman–Crippen MR) is 44.7 cm³/mol. The van der Waals surface area contributed by atoms with Crippen LogP contribution in [0.4, 0.5) is 0 Å². The van der Waals surface area contributed by atoms with Gasteiger partial charge in [0.25, 0.3) is 0 Å². The normalized spacial score (nSPS) is 26.2. The van der Waals surface area contributed by atoms with Crippen molar-refractivity contribution in [1.29, 1.82) is 0 Å². The van der Waals surface area contributed by atoms with Crippen LogP contribution in [-0.4, -0.2) is 25.8 Å². The van der Waals surface area contributed by atoms with Gasteiger partial charge in [0.2, 0.25) is 0 Å². The molecule has 1 rings (SSSR count). The van der Waals surface area contributed by atoms with Gasteiger partial charge in [-0.1, -0.05) is 6.92 Å². The molecule has 1 atom stereocenters. The highest BCUT2D eigenvalue weighted by molar-refractivity contribution is 5.82. The van der Waals surface area contributed by atoms with Gasteiger partial charge >= 0.3 is 5.97 Å². The fourth-order valence-electron chi connectivity index (χ4n) is 1.12. The largest absolute Gasteiger partial charge is 0.463 e. The van der Waals surface area contributed by atoms with E-state index in [9.17, 15) is 4.79 Å². The number of esters is 1. The Morgan fingerprint density at radius 3 is 3.08 bits per heavy atom. The molecule has 1 unspecified atom stereocenters. The minimum Gasteiger partial charge on any atom is -0.463 e. The molecule has 0 aliphatic carbocycles. The first-order chi connectivity index (χ1) is 5.74. The van der Waals surface area contributed by atoms with E-state index in [1.54, 1.807) is 13.0 Å². The summed E-state index contributed by atoms with van der Waals surface area (Å²) in [5.41, 5.74) is 1.04. The van der Waals surface area contributed by atoms with Crippen LogP contribution in [0.3, 0.4) is 0 Å². The Bertz CT molecular complexity index is 196. The molecule has 1 aliphatic rings. The Hall–Kier alpha value is -0.830. The number of hydrogen-bond acceptors (Lipinski definition) is 3. The van der Waals surface area contributed by atoms with Crippen molar-refractivity contribution < 1.29 is 14.3 Å². The highest BCUT2D eigenvalue weighted by Gasteiger charge is 2.17. The van der Waals surface area contributed by atoms with E-state index in [-0.39, 0.29) is 5.97 Å². The van der Waals surface area contributed by atoms with Crippen LogP contribution in [-0.2, 0) is 14.3 Å². The number of carbonyl (C=O) groups is 1. The van der Waals surface area contributed by atoms with E-state index in [4.69, 9.17) is 9.47 Å². The van der Waals surface area contributed by atoms with Gasteiger partial charge in [-0.2, -0.15) is 0 Å². The van der Waals surface area contributed by atoms with Gasteiger partial charge in [0, 0.05) is 12.0 Å².